The van der Waals surface area contributed by atoms with Crippen molar-refractivity contribution < 1.29 is 4.68 Å². The molecule has 0 radical (unpaired) electrons. The molecule has 0 aliphatic carbocycles. The largest absolute Gasteiger partial charge is 0.448 e. The quantitative estimate of drug-likeness (QED) is 0.200. The molecule has 1 aliphatic rings. The molecule has 0 saturated carbocycles. The van der Waals surface area contributed by atoms with Gasteiger partial charge in [0.05, 0.1) is 0 Å². The highest BCUT2D eigenvalue weighted by atomic mass is 15.3. The minimum atomic E-state index is 0.976. The van der Waals surface area contributed by atoms with E-state index in [1.54, 1.807) is 4.68 Å². The van der Waals surface area contributed by atoms with Crippen molar-refractivity contribution in [3.63, 3.8) is 0 Å². The maximum absolute atomic E-state index is 9.03. The van der Waals surface area contributed by atoms with Crippen LogP contribution in [0.15, 0.2) is 66.3 Å². The number of nitrogens with zero attached hydrogens (tertiary/aromatic N) is 1. The Morgan fingerprint density at radius 3 is 1.68 bits per heavy atom. The van der Waals surface area contributed by atoms with E-state index < -0.39 is 0 Å². The van der Waals surface area contributed by atoms with Crippen LogP contribution >= 0.6 is 0 Å². The van der Waals surface area contributed by atoms with Gasteiger partial charge in [0.15, 0.2) is 0 Å². The van der Waals surface area contributed by atoms with Crippen molar-refractivity contribution in [1.82, 2.24) is 0 Å². The first-order valence-corrected chi connectivity index (χ1v) is 13.7. The van der Waals surface area contributed by atoms with Crippen LogP contribution in [0, 0.1) is 0 Å². The number of benzene rings is 2. The fourth-order valence-electron chi connectivity index (χ4n) is 4.68. The van der Waals surface area contributed by atoms with Crippen molar-refractivity contribution in [2.24, 2.45) is 0 Å². The van der Waals surface area contributed by atoms with Crippen LogP contribution in [0.2, 0.25) is 0 Å². The molecule has 0 atom stereocenters. The Morgan fingerprint density at radius 1 is 0.647 bits per heavy atom. The van der Waals surface area contributed by atoms with Gasteiger partial charge in [-0.2, -0.15) is 0 Å². The summed E-state index contributed by atoms with van der Waals surface area (Å²) in [4.78, 5) is 0. The van der Waals surface area contributed by atoms with E-state index in [1.165, 1.54) is 74.5 Å². The maximum atomic E-state index is 9.03. The summed E-state index contributed by atoms with van der Waals surface area (Å²) in [5.41, 5.74) is 8.23. The van der Waals surface area contributed by atoms with E-state index in [2.05, 4.69) is 81.5 Å². The molecule has 0 bridgehead atoms. The van der Waals surface area contributed by atoms with Gasteiger partial charge >= 0.3 is 0 Å². The lowest BCUT2D eigenvalue weighted by Crippen LogP contribution is -2.11. The highest BCUT2D eigenvalue weighted by Crippen LogP contribution is 2.29. The Morgan fingerprint density at radius 2 is 1.15 bits per heavy atom. The van der Waals surface area contributed by atoms with Crippen molar-refractivity contribution in [1.29, 1.82) is 0 Å². The molecular weight excluding hydrogens is 412 g/mol. The van der Waals surface area contributed by atoms with Crippen LogP contribution in [0.1, 0.15) is 107 Å². The van der Waals surface area contributed by atoms with E-state index in [0.29, 0.717) is 0 Å². The number of rotatable bonds is 14. The molecule has 0 aromatic heterocycles. The summed E-state index contributed by atoms with van der Waals surface area (Å²) in [6.45, 7) is 6.75. The zero-order valence-corrected chi connectivity index (χ0v) is 21.7. The lowest BCUT2D eigenvalue weighted by atomic mass is 9.98. The van der Waals surface area contributed by atoms with Gasteiger partial charge in [0.1, 0.15) is 0 Å². The molecule has 1 aliphatic heterocycles. The van der Waals surface area contributed by atoms with Crippen LogP contribution in [0.25, 0.3) is 11.5 Å². The summed E-state index contributed by atoms with van der Waals surface area (Å²) in [5.74, 6) is 9.03. The second-order valence-electron chi connectivity index (χ2n) is 9.68. The van der Waals surface area contributed by atoms with Gasteiger partial charge < -0.3 is 5.84 Å². The molecule has 1 N–H and O–H groups in total. The van der Waals surface area contributed by atoms with E-state index in [9.17, 15) is 0 Å². The average Bonchev–Trinajstić information content (AvgIpc) is 3.19. The number of nitrogens with one attached hydrogen (secondary N) is 1. The topological polar surface area (TPSA) is 26.8 Å². The number of allylic oxidation sites excluding steroid dienone is 3. The highest BCUT2D eigenvalue weighted by Gasteiger charge is 2.27. The molecule has 0 saturated heterocycles. The summed E-state index contributed by atoms with van der Waals surface area (Å²) < 4.78 is 1.66. The van der Waals surface area contributed by atoms with Crippen molar-refractivity contribution in [3.8, 4) is 0 Å². The smallest absolute Gasteiger partial charge is 0.215 e. The summed E-state index contributed by atoms with van der Waals surface area (Å²) in [7, 11) is 0. The van der Waals surface area contributed by atoms with Crippen molar-refractivity contribution in [3.05, 3.63) is 94.4 Å². The summed E-state index contributed by atoms with van der Waals surface area (Å²) >= 11 is 0. The third kappa shape index (κ3) is 7.19. The number of hydrogen-bond acceptors (Lipinski definition) is 0. The molecule has 0 unspecified atom stereocenters. The van der Waals surface area contributed by atoms with E-state index in [1.807, 2.05) is 0 Å². The predicted octanol–water partition coefficient (Wildman–Crippen LogP) is 9.48. The molecule has 0 fully saturated rings. The molecular formula is C32H44N2. The first-order valence-electron chi connectivity index (χ1n) is 13.7. The van der Waals surface area contributed by atoms with Crippen LogP contribution in [-0.2, 0) is 12.8 Å². The monoisotopic (exact) mass is 456 g/mol. The fourth-order valence-corrected chi connectivity index (χ4v) is 4.68. The van der Waals surface area contributed by atoms with E-state index >= 15 is 0 Å². The molecule has 2 heteroatoms. The molecule has 2 nitrogen and oxygen atoms in total. The second kappa shape index (κ2) is 13.9. The molecule has 2 aromatic rings. The molecule has 1 heterocycles. The first-order chi connectivity index (χ1) is 16.7. The maximum Gasteiger partial charge on any atom is 0.215 e. The van der Waals surface area contributed by atoms with Gasteiger partial charge in [-0.25, -0.2) is 4.68 Å². The van der Waals surface area contributed by atoms with Crippen molar-refractivity contribution in [2.75, 3.05) is 0 Å². The normalized spacial score (nSPS) is 14.8. The number of unbranched alkanes of at least 4 members (excludes halogenated alkanes) is 7. The van der Waals surface area contributed by atoms with Gasteiger partial charge in [-0.1, -0.05) is 89.6 Å². The van der Waals surface area contributed by atoms with Gasteiger partial charge in [-0.05, 0) is 73.9 Å². The van der Waals surface area contributed by atoms with Gasteiger partial charge in [0.25, 0.3) is 0 Å². The zero-order chi connectivity index (χ0) is 24.2. The van der Waals surface area contributed by atoms with Gasteiger partial charge in [-0.15, -0.1) is 0 Å². The zero-order valence-electron chi connectivity index (χ0n) is 21.7. The standard InChI is InChI=1S/C32H44N2/c1-4-7-10-13-16-30-25-31(28-21-17-26(18-22-28)14-11-8-5-2)34(33)32(30)29-23-19-27(20-24-29)15-12-9-6-3/h16-25,33H,4-15H2,1-3H3. The molecule has 182 valence electrons. The average molecular weight is 457 g/mol. The third-order valence-electron chi connectivity index (χ3n) is 6.82. The predicted molar refractivity (Wildman–Crippen MR) is 148 cm³/mol. The molecule has 34 heavy (non-hydrogen) atoms. The highest BCUT2D eigenvalue weighted by molar-refractivity contribution is 6.14. The van der Waals surface area contributed by atoms with Gasteiger partial charge in [0.2, 0.25) is 11.4 Å². The van der Waals surface area contributed by atoms with Crippen LogP contribution < -0.4 is 0 Å². The molecule has 3 rings (SSSR count). The Balaban J connectivity index is 1.85. The van der Waals surface area contributed by atoms with Gasteiger partial charge in [0, 0.05) is 22.8 Å². The second-order valence-corrected chi connectivity index (χ2v) is 9.68. The van der Waals surface area contributed by atoms with Crippen LogP contribution in [0.4, 0.5) is 0 Å². The SMILES string of the molecule is CCCCCC=C1C=C(c2ccc(CCCCC)cc2)[N+]([NH-])=C1c1ccc(CCCCC)cc1. The van der Waals surface area contributed by atoms with E-state index in [4.69, 9.17) is 5.84 Å². The fraction of sp³-hybridized carbons (Fsp3) is 0.469. The van der Waals surface area contributed by atoms with Crippen molar-refractivity contribution in [2.45, 2.75) is 97.8 Å². The number of hydrogen-bond donors (Lipinski definition) is 0. The Bertz CT molecular complexity index is 975. The minimum absolute atomic E-state index is 0.976. The Labute approximate surface area is 208 Å². The van der Waals surface area contributed by atoms with Crippen molar-refractivity contribution >= 4 is 11.4 Å². The first kappa shape index (κ1) is 26.0. The van der Waals surface area contributed by atoms with Crippen LogP contribution in [-0.4, -0.2) is 10.4 Å². The molecule has 0 amide bonds. The van der Waals surface area contributed by atoms with Gasteiger partial charge in [-0.3, -0.25) is 0 Å². The Hall–Kier alpha value is -2.61. The molecule has 0 spiro atoms. The lowest BCUT2D eigenvalue weighted by molar-refractivity contribution is -0.347. The lowest BCUT2D eigenvalue weighted by Gasteiger charge is -2.09. The summed E-state index contributed by atoms with van der Waals surface area (Å²) in [6.07, 6.45) is 19.2. The van der Waals surface area contributed by atoms with Crippen LogP contribution in [0.5, 0.6) is 0 Å². The summed E-state index contributed by atoms with van der Waals surface area (Å²) in [5, 5.41) is 0. The third-order valence-corrected chi connectivity index (χ3v) is 6.82. The van der Waals surface area contributed by atoms with E-state index in [-0.39, 0.29) is 0 Å². The minimum Gasteiger partial charge on any atom is -0.448 e. The summed E-state index contributed by atoms with van der Waals surface area (Å²) in [6, 6.07) is 17.8. The van der Waals surface area contributed by atoms with Crippen LogP contribution in [0.3, 0.4) is 0 Å². The van der Waals surface area contributed by atoms with E-state index in [0.717, 1.165) is 41.8 Å². The number of aryl methyl sites for hydroxylation is 2. The molecule has 2 aromatic carbocycles. The Kier molecular flexibility index (Phi) is 10.7.